The molecule has 1 aromatic heterocycles. The number of hydrogen-bond donors (Lipinski definition) is 0. The number of halogens is 1. The molecule has 1 aromatic carbocycles. The fourth-order valence-corrected chi connectivity index (χ4v) is 1.43. The van der Waals surface area contributed by atoms with Gasteiger partial charge in [0.15, 0.2) is 0 Å². The molecule has 4 heteroatoms. The van der Waals surface area contributed by atoms with Crippen LogP contribution in [0, 0.1) is 0 Å². The Bertz CT molecular complexity index is 459. The van der Waals surface area contributed by atoms with Crippen molar-refractivity contribution in [3.8, 4) is 5.88 Å². The Labute approximate surface area is 86.7 Å². The summed E-state index contributed by atoms with van der Waals surface area (Å²) in [5.41, 5.74) is 0.841. The minimum atomic E-state index is 0.582. The molecule has 0 amide bonds. The average molecular weight is 209 g/mol. The molecule has 0 aliphatic carbocycles. The van der Waals surface area contributed by atoms with Crippen LogP contribution in [0.4, 0.5) is 0 Å². The maximum Gasteiger partial charge on any atom is 0.224 e. The van der Waals surface area contributed by atoms with E-state index in [4.69, 9.17) is 16.3 Å². The zero-order chi connectivity index (χ0) is 9.97. The van der Waals surface area contributed by atoms with Gasteiger partial charge in [0.2, 0.25) is 5.88 Å². The SMILES string of the molecule is CCOc1ncnc2ccc(Cl)cc12. The Balaban J connectivity index is 2.64. The second-order valence-corrected chi connectivity index (χ2v) is 3.21. The predicted octanol–water partition coefficient (Wildman–Crippen LogP) is 2.68. The van der Waals surface area contributed by atoms with E-state index in [1.807, 2.05) is 19.1 Å². The molecule has 0 saturated carbocycles. The van der Waals surface area contributed by atoms with Crippen LogP contribution in [0.15, 0.2) is 24.5 Å². The first-order chi connectivity index (χ1) is 6.81. The zero-order valence-electron chi connectivity index (χ0n) is 7.70. The lowest BCUT2D eigenvalue weighted by atomic mass is 10.2. The molecule has 0 atom stereocenters. The maximum absolute atomic E-state index is 5.88. The Morgan fingerprint density at radius 1 is 1.36 bits per heavy atom. The number of nitrogens with zero attached hydrogens (tertiary/aromatic N) is 2. The normalized spacial score (nSPS) is 10.4. The standard InChI is InChI=1S/C10H9ClN2O/c1-2-14-10-8-5-7(11)3-4-9(8)12-6-13-10/h3-6H,2H2,1H3. The van der Waals surface area contributed by atoms with E-state index in [2.05, 4.69) is 9.97 Å². The van der Waals surface area contributed by atoms with Crippen molar-refractivity contribution in [3.63, 3.8) is 0 Å². The third-order valence-corrected chi connectivity index (χ3v) is 2.08. The van der Waals surface area contributed by atoms with Crippen molar-refractivity contribution in [3.05, 3.63) is 29.5 Å². The summed E-state index contributed by atoms with van der Waals surface area (Å²) >= 11 is 5.88. The molecule has 72 valence electrons. The van der Waals surface area contributed by atoms with E-state index < -0.39 is 0 Å². The summed E-state index contributed by atoms with van der Waals surface area (Å²) in [5, 5.41) is 1.51. The molecule has 0 radical (unpaired) electrons. The van der Waals surface area contributed by atoms with Gasteiger partial charge in [0.1, 0.15) is 6.33 Å². The van der Waals surface area contributed by atoms with E-state index in [0.717, 1.165) is 10.9 Å². The van der Waals surface area contributed by atoms with Crippen molar-refractivity contribution < 1.29 is 4.74 Å². The number of aromatic nitrogens is 2. The number of fused-ring (bicyclic) bond motifs is 1. The van der Waals surface area contributed by atoms with Gasteiger partial charge in [0.25, 0.3) is 0 Å². The number of rotatable bonds is 2. The molecule has 0 unspecified atom stereocenters. The van der Waals surface area contributed by atoms with Crippen LogP contribution < -0.4 is 4.74 Å². The molecule has 14 heavy (non-hydrogen) atoms. The molecule has 0 bridgehead atoms. The summed E-state index contributed by atoms with van der Waals surface area (Å²) < 4.78 is 5.36. The van der Waals surface area contributed by atoms with Gasteiger partial charge in [-0.1, -0.05) is 11.6 Å². The van der Waals surface area contributed by atoms with Gasteiger partial charge >= 0.3 is 0 Å². The van der Waals surface area contributed by atoms with Crippen molar-refractivity contribution in [1.29, 1.82) is 0 Å². The number of benzene rings is 1. The zero-order valence-corrected chi connectivity index (χ0v) is 8.45. The van der Waals surface area contributed by atoms with Gasteiger partial charge in [-0.2, -0.15) is 0 Å². The van der Waals surface area contributed by atoms with Crippen LogP contribution in [0.3, 0.4) is 0 Å². The van der Waals surface area contributed by atoms with Crippen molar-refractivity contribution in [1.82, 2.24) is 9.97 Å². The molecule has 1 heterocycles. The molecular formula is C10H9ClN2O. The molecule has 0 saturated heterocycles. The molecule has 2 rings (SSSR count). The Morgan fingerprint density at radius 3 is 3.00 bits per heavy atom. The molecular weight excluding hydrogens is 200 g/mol. The topological polar surface area (TPSA) is 35.0 Å². The Kier molecular flexibility index (Phi) is 2.50. The number of ether oxygens (including phenoxy) is 1. The molecule has 0 spiro atoms. The lowest BCUT2D eigenvalue weighted by Gasteiger charge is -2.04. The Morgan fingerprint density at radius 2 is 2.21 bits per heavy atom. The van der Waals surface area contributed by atoms with Crippen LogP contribution >= 0.6 is 11.6 Å². The average Bonchev–Trinajstić information content (AvgIpc) is 2.19. The highest BCUT2D eigenvalue weighted by atomic mass is 35.5. The van der Waals surface area contributed by atoms with Crippen molar-refractivity contribution in [2.75, 3.05) is 6.61 Å². The first-order valence-corrected chi connectivity index (χ1v) is 4.72. The van der Waals surface area contributed by atoms with Crippen LogP contribution in [0.1, 0.15) is 6.92 Å². The molecule has 0 N–H and O–H groups in total. The molecule has 2 aromatic rings. The van der Waals surface area contributed by atoms with Gasteiger partial charge in [-0.25, -0.2) is 9.97 Å². The van der Waals surface area contributed by atoms with Gasteiger partial charge in [-0.15, -0.1) is 0 Å². The lowest BCUT2D eigenvalue weighted by molar-refractivity contribution is 0.331. The summed E-state index contributed by atoms with van der Waals surface area (Å²) in [4.78, 5) is 8.16. The summed E-state index contributed by atoms with van der Waals surface area (Å²) in [7, 11) is 0. The highest BCUT2D eigenvalue weighted by Gasteiger charge is 2.03. The Hall–Kier alpha value is -1.35. The second kappa shape index (κ2) is 3.80. The second-order valence-electron chi connectivity index (χ2n) is 2.77. The van der Waals surface area contributed by atoms with E-state index in [1.165, 1.54) is 6.33 Å². The van der Waals surface area contributed by atoms with Gasteiger partial charge in [0.05, 0.1) is 17.5 Å². The fraction of sp³-hybridized carbons (Fsp3) is 0.200. The summed E-state index contributed by atoms with van der Waals surface area (Å²) in [6.07, 6.45) is 1.49. The molecule has 3 nitrogen and oxygen atoms in total. The van der Waals surface area contributed by atoms with Crippen LogP contribution in [0.2, 0.25) is 5.02 Å². The van der Waals surface area contributed by atoms with Gasteiger partial charge < -0.3 is 4.74 Å². The third-order valence-electron chi connectivity index (χ3n) is 1.84. The first kappa shape index (κ1) is 9.21. The molecule has 0 fully saturated rings. The summed E-state index contributed by atoms with van der Waals surface area (Å²) in [5.74, 6) is 0.583. The van der Waals surface area contributed by atoms with Crippen LogP contribution in [-0.4, -0.2) is 16.6 Å². The van der Waals surface area contributed by atoms with E-state index in [-0.39, 0.29) is 0 Å². The number of hydrogen-bond acceptors (Lipinski definition) is 3. The highest BCUT2D eigenvalue weighted by molar-refractivity contribution is 6.31. The maximum atomic E-state index is 5.88. The fourth-order valence-electron chi connectivity index (χ4n) is 1.26. The van der Waals surface area contributed by atoms with Crippen LogP contribution in [-0.2, 0) is 0 Å². The van der Waals surface area contributed by atoms with Gasteiger partial charge in [-0.05, 0) is 25.1 Å². The third kappa shape index (κ3) is 1.63. The van der Waals surface area contributed by atoms with E-state index in [1.54, 1.807) is 6.07 Å². The lowest BCUT2D eigenvalue weighted by Crippen LogP contribution is -1.96. The monoisotopic (exact) mass is 208 g/mol. The van der Waals surface area contributed by atoms with E-state index >= 15 is 0 Å². The van der Waals surface area contributed by atoms with Crippen LogP contribution in [0.5, 0.6) is 5.88 Å². The molecule has 0 aliphatic heterocycles. The van der Waals surface area contributed by atoms with Crippen LogP contribution in [0.25, 0.3) is 10.9 Å². The van der Waals surface area contributed by atoms with Crippen molar-refractivity contribution >= 4 is 22.5 Å². The quantitative estimate of drug-likeness (QED) is 0.761. The smallest absolute Gasteiger partial charge is 0.224 e. The highest BCUT2D eigenvalue weighted by Crippen LogP contribution is 2.24. The van der Waals surface area contributed by atoms with Crippen molar-refractivity contribution in [2.24, 2.45) is 0 Å². The van der Waals surface area contributed by atoms with Gasteiger partial charge in [0, 0.05) is 5.02 Å². The first-order valence-electron chi connectivity index (χ1n) is 4.34. The van der Waals surface area contributed by atoms with E-state index in [0.29, 0.717) is 17.5 Å². The largest absolute Gasteiger partial charge is 0.477 e. The minimum Gasteiger partial charge on any atom is -0.477 e. The van der Waals surface area contributed by atoms with E-state index in [9.17, 15) is 0 Å². The predicted molar refractivity (Wildman–Crippen MR) is 55.7 cm³/mol. The summed E-state index contributed by atoms with van der Waals surface area (Å²) in [6.45, 7) is 2.50. The minimum absolute atomic E-state index is 0.582. The molecule has 0 aliphatic rings. The van der Waals surface area contributed by atoms with Gasteiger partial charge in [-0.3, -0.25) is 0 Å². The summed E-state index contributed by atoms with van der Waals surface area (Å²) in [6, 6.07) is 5.45. The van der Waals surface area contributed by atoms with Crippen molar-refractivity contribution in [2.45, 2.75) is 6.92 Å².